The van der Waals surface area contributed by atoms with Crippen molar-refractivity contribution >= 4 is 5.82 Å². The van der Waals surface area contributed by atoms with Gasteiger partial charge in [0.1, 0.15) is 17.6 Å². The standard InChI is InChI=1S/C27H25N7O/c1-19-27(35)32-26(25(30-19)21-5-3-2-4-6-21)22-9-7-20(8-10-22)18-33-13-15-34(16-14-33)24-11-12-29-23(17-28)31-24/h2-12H,13-16,18H2,1H3,(H,32,35). The molecule has 0 aliphatic carbocycles. The minimum atomic E-state index is -0.174. The Hall–Kier alpha value is -4.35. The summed E-state index contributed by atoms with van der Waals surface area (Å²) in [5, 5.41) is 9.03. The molecular weight excluding hydrogens is 438 g/mol. The first kappa shape index (κ1) is 22.4. The molecular formula is C27H25N7O. The van der Waals surface area contributed by atoms with Gasteiger partial charge in [-0.15, -0.1) is 0 Å². The Kier molecular flexibility index (Phi) is 6.33. The Morgan fingerprint density at radius 1 is 0.943 bits per heavy atom. The summed E-state index contributed by atoms with van der Waals surface area (Å²) in [6.45, 7) is 6.07. The topological polar surface area (TPSA) is 102 Å². The predicted octanol–water partition coefficient (Wildman–Crippen LogP) is 3.40. The fourth-order valence-corrected chi connectivity index (χ4v) is 4.30. The van der Waals surface area contributed by atoms with E-state index in [0.717, 1.165) is 61.1 Å². The van der Waals surface area contributed by atoms with Crippen molar-refractivity contribution in [2.45, 2.75) is 13.5 Å². The van der Waals surface area contributed by atoms with E-state index in [1.54, 1.807) is 13.1 Å². The van der Waals surface area contributed by atoms with Crippen LogP contribution in [-0.2, 0) is 6.54 Å². The molecule has 0 saturated carbocycles. The third kappa shape index (κ3) is 4.95. The number of hydrogen-bond donors (Lipinski definition) is 1. The molecule has 1 aliphatic rings. The molecule has 174 valence electrons. The van der Waals surface area contributed by atoms with Gasteiger partial charge in [0, 0.05) is 50.0 Å². The molecule has 0 bridgehead atoms. The van der Waals surface area contributed by atoms with Crippen molar-refractivity contribution < 1.29 is 0 Å². The molecule has 0 radical (unpaired) electrons. The minimum Gasteiger partial charge on any atom is -0.354 e. The maximum absolute atomic E-state index is 12.3. The molecule has 0 amide bonds. The number of aromatic nitrogens is 4. The van der Waals surface area contributed by atoms with Gasteiger partial charge in [0.15, 0.2) is 0 Å². The molecule has 1 aliphatic heterocycles. The Labute approximate surface area is 203 Å². The van der Waals surface area contributed by atoms with Crippen LogP contribution in [0.2, 0.25) is 0 Å². The van der Waals surface area contributed by atoms with Crippen molar-refractivity contribution in [2.75, 3.05) is 31.1 Å². The van der Waals surface area contributed by atoms with E-state index in [1.165, 1.54) is 5.56 Å². The lowest BCUT2D eigenvalue weighted by Gasteiger charge is -2.35. The third-order valence-electron chi connectivity index (χ3n) is 6.22. The van der Waals surface area contributed by atoms with Gasteiger partial charge >= 0.3 is 0 Å². The van der Waals surface area contributed by atoms with E-state index < -0.39 is 0 Å². The number of benzene rings is 2. The number of piperazine rings is 1. The second-order valence-corrected chi connectivity index (χ2v) is 8.55. The van der Waals surface area contributed by atoms with E-state index in [-0.39, 0.29) is 11.4 Å². The summed E-state index contributed by atoms with van der Waals surface area (Å²) in [7, 11) is 0. The smallest absolute Gasteiger partial charge is 0.269 e. The molecule has 3 heterocycles. The second kappa shape index (κ2) is 9.87. The number of anilines is 1. The molecule has 0 atom stereocenters. The molecule has 2 aromatic heterocycles. The van der Waals surface area contributed by atoms with E-state index in [9.17, 15) is 4.79 Å². The monoisotopic (exact) mass is 463 g/mol. The van der Waals surface area contributed by atoms with Crippen molar-refractivity contribution in [2.24, 2.45) is 0 Å². The summed E-state index contributed by atoms with van der Waals surface area (Å²) in [6, 6.07) is 22.1. The maximum Gasteiger partial charge on any atom is 0.269 e. The predicted molar refractivity (Wildman–Crippen MR) is 135 cm³/mol. The number of hydrogen-bond acceptors (Lipinski definition) is 7. The van der Waals surface area contributed by atoms with E-state index in [4.69, 9.17) is 5.26 Å². The summed E-state index contributed by atoms with van der Waals surface area (Å²) in [6.07, 6.45) is 1.63. The zero-order valence-corrected chi connectivity index (χ0v) is 19.5. The van der Waals surface area contributed by atoms with Crippen LogP contribution in [0.5, 0.6) is 0 Å². The summed E-state index contributed by atoms with van der Waals surface area (Å²) >= 11 is 0. The van der Waals surface area contributed by atoms with Crippen molar-refractivity contribution in [3.63, 3.8) is 0 Å². The molecule has 35 heavy (non-hydrogen) atoms. The van der Waals surface area contributed by atoms with Gasteiger partial charge in [0.2, 0.25) is 5.82 Å². The Balaban J connectivity index is 1.29. The third-order valence-corrected chi connectivity index (χ3v) is 6.22. The normalized spacial score (nSPS) is 14.0. The molecule has 8 nitrogen and oxygen atoms in total. The average molecular weight is 464 g/mol. The summed E-state index contributed by atoms with van der Waals surface area (Å²) in [4.78, 5) is 32.8. The molecule has 1 N–H and O–H groups in total. The number of aromatic amines is 1. The zero-order chi connectivity index (χ0) is 24.2. The second-order valence-electron chi connectivity index (χ2n) is 8.55. The van der Waals surface area contributed by atoms with Gasteiger partial charge in [0.05, 0.1) is 11.4 Å². The summed E-state index contributed by atoms with van der Waals surface area (Å²) in [5.41, 5.74) is 4.89. The largest absolute Gasteiger partial charge is 0.354 e. The Morgan fingerprint density at radius 3 is 2.40 bits per heavy atom. The van der Waals surface area contributed by atoms with E-state index in [2.05, 4.69) is 41.9 Å². The van der Waals surface area contributed by atoms with Crippen LogP contribution in [0, 0.1) is 18.3 Å². The van der Waals surface area contributed by atoms with E-state index >= 15 is 0 Å². The first-order valence-electron chi connectivity index (χ1n) is 11.6. The fraction of sp³-hybridized carbons (Fsp3) is 0.222. The number of H-pyrrole nitrogens is 1. The highest BCUT2D eigenvalue weighted by Gasteiger charge is 2.19. The van der Waals surface area contributed by atoms with Gasteiger partial charge in [0.25, 0.3) is 5.56 Å². The van der Waals surface area contributed by atoms with Gasteiger partial charge in [-0.2, -0.15) is 5.26 Å². The van der Waals surface area contributed by atoms with Crippen LogP contribution in [0.1, 0.15) is 17.1 Å². The zero-order valence-electron chi connectivity index (χ0n) is 19.5. The maximum atomic E-state index is 12.3. The lowest BCUT2D eigenvalue weighted by molar-refractivity contribution is 0.249. The Morgan fingerprint density at radius 2 is 1.69 bits per heavy atom. The van der Waals surface area contributed by atoms with Crippen LogP contribution in [0.15, 0.2) is 71.7 Å². The number of nitriles is 1. The van der Waals surface area contributed by atoms with Crippen molar-refractivity contribution in [3.05, 3.63) is 94.3 Å². The van der Waals surface area contributed by atoms with E-state index in [1.807, 2.05) is 54.6 Å². The lowest BCUT2D eigenvalue weighted by Crippen LogP contribution is -2.46. The molecule has 2 aromatic carbocycles. The summed E-state index contributed by atoms with van der Waals surface area (Å²) < 4.78 is 0. The first-order valence-corrected chi connectivity index (χ1v) is 11.6. The van der Waals surface area contributed by atoms with Gasteiger partial charge < -0.3 is 9.88 Å². The molecule has 5 rings (SSSR count). The van der Waals surface area contributed by atoms with Crippen LogP contribution in [0.4, 0.5) is 5.82 Å². The minimum absolute atomic E-state index is 0.174. The van der Waals surface area contributed by atoms with Crippen molar-refractivity contribution in [1.82, 2.24) is 24.8 Å². The molecule has 0 unspecified atom stereocenters. The number of nitrogens with zero attached hydrogens (tertiary/aromatic N) is 6. The van der Waals surface area contributed by atoms with Gasteiger partial charge in [-0.1, -0.05) is 54.6 Å². The highest BCUT2D eigenvalue weighted by molar-refractivity contribution is 5.77. The quantitative estimate of drug-likeness (QED) is 0.484. The van der Waals surface area contributed by atoms with Crippen LogP contribution in [0.25, 0.3) is 22.5 Å². The molecule has 4 aromatic rings. The number of nitrogens with one attached hydrogen (secondary N) is 1. The first-order chi connectivity index (χ1) is 17.1. The fourth-order valence-electron chi connectivity index (χ4n) is 4.30. The van der Waals surface area contributed by atoms with Crippen molar-refractivity contribution in [3.8, 4) is 28.6 Å². The van der Waals surface area contributed by atoms with Crippen LogP contribution in [-0.4, -0.2) is 51.0 Å². The molecule has 0 spiro atoms. The highest BCUT2D eigenvalue weighted by atomic mass is 16.1. The van der Waals surface area contributed by atoms with Crippen LogP contribution in [0.3, 0.4) is 0 Å². The summed E-state index contributed by atoms with van der Waals surface area (Å²) in [5.74, 6) is 1.00. The number of aryl methyl sites for hydroxylation is 1. The van der Waals surface area contributed by atoms with Crippen LogP contribution < -0.4 is 10.5 Å². The Bertz CT molecular complexity index is 1420. The van der Waals surface area contributed by atoms with Gasteiger partial charge in [-0.25, -0.2) is 15.0 Å². The highest BCUT2D eigenvalue weighted by Crippen LogP contribution is 2.28. The van der Waals surface area contributed by atoms with E-state index in [0.29, 0.717) is 5.69 Å². The lowest BCUT2D eigenvalue weighted by atomic mass is 10.0. The molecule has 1 saturated heterocycles. The molecule has 8 heteroatoms. The van der Waals surface area contributed by atoms with Gasteiger partial charge in [-0.05, 0) is 18.6 Å². The van der Waals surface area contributed by atoms with Crippen molar-refractivity contribution in [1.29, 1.82) is 5.26 Å². The SMILES string of the molecule is Cc1nc(-c2ccccc2)c(-c2ccc(CN3CCN(c4ccnc(C#N)n4)CC3)cc2)[nH]c1=O. The average Bonchev–Trinajstić information content (AvgIpc) is 2.91. The van der Waals surface area contributed by atoms with Gasteiger partial charge in [-0.3, -0.25) is 9.69 Å². The molecule has 1 fully saturated rings. The van der Waals surface area contributed by atoms with Crippen LogP contribution >= 0.6 is 0 Å². The number of rotatable bonds is 5.